The van der Waals surface area contributed by atoms with Gasteiger partial charge >= 0.3 is 5.97 Å². The molecule has 0 atom stereocenters. The van der Waals surface area contributed by atoms with Gasteiger partial charge in [0.1, 0.15) is 12.2 Å². The molecule has 1 aliphatic rings. The van der Waals surface area contributed by atoms with E-state index in [9.17, 15) is 9.59 Å². The van der Waals surface area contributed by atoms with Crippen LogP contribution in [0.4, 0.5) is 0 Å². The highest BCUT2D eigenvalue weighted by molar-refractivity contribution is 5.87. The second-order valence-corrected chi connectivity index (χ2v) is 5.16. The number of hydrogen-bond acceptors (Lipinski definition) is 4. The first-order valence-electron chi connectivity index (χ1n) is 6.20. The molecule has 0 radical (unpaired) electrons. The van der Waals surface area contributed by atoms with Crippen molar-refractivity contribution in [2.75, 3.05) is 19.7 Å². The molecule has 3 N–H and O–H groups in total. The van der Waals surface area contributed by atoms with E-state index in [0.29, 0.717) is 25.9 Å². The lowest BCUT2D eigenvalue weighted by atomic mass is 9.88. The summed E-state index contributed by atoms with van der Waals surface area (Å²) in [7, 11) is 0. The molecule has 0 aromatic heterocycles. The normalized spacial score (nSPS) is 18.3. The SMILES string of the molecule is CCC(N)(CC)C(=O)N1CC(C)(OCC(=O)O)C1. The number of ether oxygens (including phenoxy) is 1. The summed E-state index contributed by atoms with van der Waals surface area (Å²) >= 11 is 0. The van der Waals surface area contributed by atoms with Crippen LogP contribution in [0.2, 0.25) is 0 Å². The van der Waals surface area contributed by atoms with Crippen LogP contribution in [-0.2, 0) is 14.3 Å². The molecular formula is C12H22N2O4. The highest BCUT2D eigenvalue weighted by Gasteiger charge is 2.47. The largest absolute Gasteiger partial charge is 0.480 e. The number of nitrogens with zero attached hydrogens (tertiary/aromatic N) is 1. The summed E-state index contributed by atoms with van der Waals surface area (Å²) in [5, 5.41) is 8.55. The Morgan fingerprint density at radius 2 is 1.89 bits per heavy atom. The number of aliphatic carboxylic acids is 1. The highest BCUT2D eigenvalue weighted by atomic mass is 16.5. The lowest BCUT2D eigenvalue weighted by molar-refractivity contribution is -0.176. The summed E-state index contributed by atoms with van der Waals surface area (Å²) in [5.74, 6) is -1.08. The quantitative estimate of drug-likeness (QED) is 0.710. The maximum Gasteiger partial charge on any atom is 0.329 e. The van der Waals surface area contributed by atoms with E-state index in [1.807, 2.05) is 13.8 Å². The van der Waals surface area contributed by atoms with Gasteiger partial charge < -0.3 is 20.5 Å². The Morgan fingerprint density at radius 3 is 2.28 bits per heavy atom. The van der Waals surface area contributed by atoms with Crippen molar-refractivity contribution in [3.8, 4) is 0 Å². The number of likely N-dealkylation sites (tertiary alicyclic amines) is 1. The maximum atomic E-state index is 12.2. The van der Waals surface area contributed by atoms with Gasteiger partial charge in [0.2, 0.25) is 5.91 Å². The monoisotopic (exact) mass is 258 g/mol. The molecule has 6 heteroatoms. The molecule has 6 nitrogen and oxygen atoms in total. The van der Waals surface area contributed by atoms with Crippen LogP contribution >= 0.6 is 0 Å². The first-order valence-corrected chi connectivity index (χ1v) is 6.20. The minimum atomic E-state index is -1.00. The fourth-order valence-electron chi connectivity index (χ4n) is 2.10. The molecule has 1 saturated heterocycles. The summed E-state index contributed by atoms with van der Waals surface area (Å²) in [4.78, 5) is 24.2. The van der Waals surface area contributed by atoms with Crippen molar-refractivity contribution in [3.63, 3.8) is 0 Å². The van der Waals surface area contributed by atoms with Crippen LogP contribution in [0.25, 0.3) is 0 Å². The first kappa shape index (κ1) is 14.9. The Labute approximate surface area is 107 Å². The Bertz CT molecular complexity index is 333. The number of hydrogen-bond donors (Lipinski definition) is 2. The Hall–Kier alpha value is -1.14. The van der Waals surface area contributed by atoms with Crippen LogP contribution in [0.15, 0.2) is 0 Å². The minimum absolute atomic E-state index is 0.0797. The molecule has 1 rings (SSSR count). The number of nitrogens with two attached hydrogens (primary N) is 1. The smallest absolute Gasteiger partial charge is 0.329 e. The van der Waals surface area contributed by atoms with Gasteiger partial charge in [0.05, 0.1) is 18.6 Å². The van der Waals surface area contributed by atoms with E-state index in [4.69, 9.17) is 15.6 Å². The van der Waals surface area contributed by atoms with E-state index >= 15 is 0 Å². The number of carbonyl (C=O) groups excluding carboxylic acids is 1. The van der Waals surface area contributed by atoms with Crippen molar-refractivity contribution >= 4 is 11.9 Å². The summed E-state index contributed by atoms with van der Waals surface area (Å²) in [6, 6.07) is 0. The Kier molecular flexibility index (Phi) is 4.34. The van der Waals surface area contributed by atoms with E-state index in [1.54, 1.807) is 11.8 Å². The number of carboxylic acids is 1. The standard InChI is InChI=1S/C12H22N2O4/c1-4-12(13,5-2)10(17)14-7-11(3,8-14)18-6-9(15)16/h4-8,13H2,1-3H3,(H,15,16). The third-order valence-electron chi connectivity index (χ3n) is 3.57. The number of carboxylic acid groups (broad SMARTS) is 1. The van der Waals surface area contributed by atoms with Gasteiger partial charge in [-0.1, -0.05) is 13.8 Å². The van der Waals surface area contributed by atoms with Crippen molar-refractivity contribution in [1.82, 2.24) is 4.90 Å². The van der Waals surface area contributed by atoms with Crippen LogP contribution in [0.3, 0.4) is 0 Å². The van der Waals surface area contributed by atoms with Gasteiger partial charge in [0, 0.05) is 0 Å². The average molecular weight is 258 g/mol. The molecule has 0 aromatic rings. The van der Waals surface area contributed by atoms with E-state index in [2.05, 4.69) is 0 Å². The van der Waals surface area contributed by atoms with Crippen molar-refractivity contribution < 1.29 is 19.4 Å². The van der Waals surface area contributed by atoms with Crippen LogP contribution in [0.1, 0.15) is 33.6 Å². The zero-order chi connectivity index (χ0) is 14.0. The van der Waals surface area contributed by atoms with E-state index in [0.717, 1.165) is 0 Å². The van der Waals surface area contributed by atoms with Gasteiger partial charge in [-0.3, -0.25) is 4.79 Å². The number of carbonyl (C=O) groups is 2. The van der Waals surface area contributed by atoms with Crippen molar-refractivity contribution in [2.45, 2.75) is 44.8 Å². The number of amides is 1. The summed E-state index contributed by atoms with van der Waals surface area (Å²) < 4.78 is 5.25. The minimum Gasteiger partial charge on any atom is -0.480 e. The molecule has 1 fully saturated rings. The fraction of sp³-hybridized carbons (Fsp3) is 0.833. The van der Waals surface area contributed by atoms with Gasteiger partial charge in [-0.05, 0) is 19.8 Å². The molecular weight excluding hydrogens is 236 g/mol. The van der Waals surface area contributed by atoms with E-state index in [1.165, 1.54) is 0 Å². The molecule has 18 heavy (non-hydrogen) atoms. The molecule has 0 spiro atoms. The number of rotatable bonds is 6. The third kappa shape index (κ3) is 3.00. The lowest BCUT2D eigenvalue weighted by Gasteiger charge is -2.49. The van der Waals surface area contributed by atoms with Crippen LogP contribution in [0.5, 0.6) is 0 Å². The van der Waals surface area contributed by atoms with Gasteiger partial charge in [0.15, 0.2) is 0 Å². The molecule has 0 bridgehead atoms. The first-order chi connectivity index (χ1) is 8.26. The van der Waals surface area contributed by atoms with Gasteiger partial charge in [-0.2, -0.15) is 0 Å². The van der Waals surface area contributed by atoms with E-state index < -0.39 is 17.1 Å². The second kappa shape index (κ2) is 5.24. The van der Waals surface area contributed by atoms with Crippen LogP contribution in [0, 0.1) is 0 Å². The molecule has 0 saturated carbocycles. The Balaban J connectivity index is 2.51. The predicted octanol–water partition coefficient (Wildman–Crippen LogP) is 0.206. The molecule has 104 valence electrons. The van der Waals surface area contributed by atoms with Crippen molar-refractivity contribution in [2.24, 2.45) is 5.73 Å². The molecule has 1 amide bonds. The molecule has 0 aliphatic carbocycles. The molecule has 1 heterocycles. The zero-order valence-corrected chi connectivity index (χ0v) is 11.2. The second-order valence-electron chi connectivity index (χ2n) is 5.16. The lowest BCUT2D eigenvalue weighted by Crippen LogP contribution is -2.68. The summed E-state index contributed by atoms with van der Waals surface area (Å²) in [6.07, 6.45) is 1.18. The molecule has 0 aromatic carbocycles. The molecule has 0 unspecified atom stereocenters. The predicted molar refractivity (Wildman–Crippen MR) is 66.1 cm³/mol. The van der Waals surface area contributed by atoms with Crippen molar-refractivity contribution in [3.05, 3.63) is 0 Å². The third-order valence-corrected chi connectivity index (χ3v) is 3.57. The van der Waals surface area contributed by atoms with Gasteiger partial charge in [-0.25, -0.2) is 4.79 Å². The van der Waals surface area contributed by atoms with Gasteiger partial charge in [-0.15, -0.1) is 0 Å². The highest BCUT2D eigenvalue weighted by Crippen LogP contribution is 2.28. The van der Waals surface area contributed by atoms with Crippen molar-refractivity contribution in [1.29, 1.82) is 0 Å². The van der Waals surface area contributed by atoms with E-state index in [-0.39, 0.29) is 12.5 Å². The summed E-state index contributed by atoms with van der Waals surface area (Å²) in [6.45, 7) is 6.04. The fourth-order valence-corrected chi connectivity index (χ4v) is 2.10. The molecule has 1 aliphatic heterocycles. The summed E-state index contributed by atoms with van der Waals surface area (Å²) in [5.41, 5.74) is 4.66. The Morgan fingerprint density at radius 1 is 1.39 bits per heavy atom. The van der Waals surface area contributed by atoms with Gasteiger partial charge in [0.25, 0.3) is 0 Å². The van der Waals surface area contributed by atoms with Crippen LogP contribution in [-0.4, -0.2) is 52.7 Å². The zero-order valence-electron chi connectivity index (χ0n) is 11.2. The average Bonchev–Trinajstić information content (AvgIpc) is 2.31. The topological polar surface area (TPSA) is 92.9 Å². The van der Waals surface area contributed by atoms with Crippen LogP contribution < -0.4 is 5.73 Å². The maximum absolute atomic E-state index is 12.2.